The van der Waals surface area contributed by atoms with Crippen molar-refractivity contribution in [3.8, 4) is 0 Å². The lowest BCUT2D eigenvalue weighted by Crippen LogP contribution is -2.42. The van der Waals surface area contributed by atoms with E-state index in [2.05, 4.69) is 46.6 Å². The number of amides is 5. The number of Topliss-reactive ketones (excluding diaryl/α,β-unsaturated/α-hetero) is 2. The first-order chi connectivity index (χ1) is 42.2. The Morgan fingerprint density at radius 1 is 0.511 bits per heavy atom. The molecule has 0 aliphatic carbocycles. The number of tetrazole rings is 1. The summed E-state index contributed by atoms with van der Waals surface area (Å²) >= 11 is 0. The first-order valence-electron chi connectivity index (χ1n) is 30.7. The molecule has 0 saturated carbocycles. The van der Waals surface area contributed by atoms with E-state index < -0.39 is 101 Å². The van der Waals surface area contributed by atoms with E-state index in [0.717, 1.165) is 49.9 Å². The number of carbonyl (C=O) groups excluding carboxylic acids is 7. The minimum absolute atomic E-state index is 0.00595. The predicted octanol–water partition coefficient (Wildman–Crippen LogP) is 4.23. The van der Waals surface area contributed by atoms with Crippen LogP contribution < -0.4 is 26.0 Å². The number of aromatic amines is 1. The molecule has 29 heteroatoms. The molecule has 1 aromatic carbocycles. The van der Waals surface area contributed by atoms with E-state index in [0.29, 0.717) is 31.4 Å². The number of nitrogens with zero attached hydrogens (tertiary/aromatic N) is 3. The van der Waals surface area contributed by atoms with Gasteiger partial charge in [-0.3, -0.25) is 43.1 Å². The van der Waals surface area contributed by atoms with Crippen LogP contribution in [0.4, 0.5) is 0 Å². The van der Waals surface area contributed by atoms with E-state index in [1.807, 2.05) is 19.1 Å². The van der Waals surface area contributed by atoms with Gasteiger partial charge in [-0.2, -0.15) is 5.21 Å². The SMILES string of the molecule is Cc1ccc(C(=O)NCCCC[C@H](NC(=O)COCCOCCCC(=O)CCC(NC(=O)CC[C@H](CC(=O)COCCOCCNC(=O)CCCS(=O)(=O)NC(=O)CCCCCCCCCCCCCCCc2nn[nH]n2)C(=O)O)C(=O)O)C(=O)O)cc1. The van der Waals surface area contributed by atoms with Crippen molar-refractivity contribution < 1.29 is 90.6 Å². The highest BCUT2D eigenvalue weighted by molar-refractivity contribution is 7.90. The normalized spacial score (nSPS) is 12.3. The number of benzene rings is 1. The zero-order chi connectivity index (χ0) is 64.6. The summed E-state index contributed by atoms with van der Waals surface area (Å²) in [5.41, 5.74) is 1.55. The van der Waals surface area contributed by atoms with E-state index in [4.69, 9.17) is 18.9 Å². The third-order valence-corrected chi connectivity index (χ3v) is 15.2. The molecular weight excluding hydrogens is 1170 g/mol. The maximum atomic E-state index is 12.6. The average Bonchev–Trinajstić information content (AvgIpc) is 4.02. The minimum Gasteiger partial charge on any atom is -0.481 e. The monoisotopic (exact) mass is 1270 g/mol. The summed E-state index contributed by atoms with van der Waals surface area (Å²) in [6, 6.07) is 4.52. The molecule has 1 unspecified atom stereocenters. The van der Waals surface area contributed by atoms with Gasteiger partial charge in [0.15, 0.2) is 11.6 Å². The van der Waals surface area contributed by atoms with Crippen molar-refractivity contribution in [2.75, 3.05) is 71.7 Å². The number of aryl methyl sites for hydroxylation is 2. The van der Waals surface area contributed by atoms with Crippen LogP contribution in [0.1, 0.15) is 189 Å². The first kappa shape index (κ1) is 77.3. The zero-order valence-electron chi connectivity index (χ0n) is 51.0. The fraction of sp³-hybridized carbons (Fsp3) is 0.712. The van der Waals surface area contributed by atoms with Gasteiger partial charge in [-0.25, -0.2) is 18.0 Å². The second-order valence-electron chi connectivity index (χ2n) is 21.6. The summed E-state index contributed by atoms with van der Waals surface area (Å²) < 4.78 is 48.1. The molecule has 2 rings (SSSR count). The van der Waals surface area contributed by atoms with Crippen molar-refractivity contribution in [3.63, 3.8) is 0 Å². The lowest BCUT2D eigenvalue weighted by molar-refractivity contribution is -0.145. The van der Waals surface area contributed by atoms with E-state index in [1.54, 1.807) is 12.1 Å². The number of rotatable bonds is 57. The highest BCUT2D eigenvalue weighted by atomic mass is 32.2. The van der Waals surface area contributed by atoms with E-state index in [-0.39, 0.29) is 121 Å². The number of sulfonamides is 1. The first-order valence-corrected chi connectivity index (χ1v) is 32.4. The Hall–Kier alpha value is -6.82. The number of aromatic nitrogens is 4. The molecule has 2 aromatic rings. The standard InChI is InChI=1S/C59H95N9O19S/c1-44-24-26-45(27-25-44)56(75)61-32-16-15-20-49(58(78)79)63-55(74)43-87-39-36-84-34-17-19-47(69)29-30-50(59(80)81)62-53(72)31-28-46(57(76)77)41-48(70)42-86-38-37-85-35-33-60-52(71)23-18-40-88(82,83)66-54(73)22-14-12-10-8-6-4-2-3-5-7-9-11-13-21-51-64-67-68-65-51/h24-27,46,49-50H,2-23,28-43H2,1H3,(H,60,71)(H,61,75)(H,62,72)(H,63,74)(H,66,73)(H,76,77)(H,78,79)(H,80,81)(H,64,65,67,68)/t46-,49+,50?/m1/s1. The van der Waals surface area contributed by atoms with Crippen molar-refractivity contribution in [3.05, 3.63) is 41.2 Å². The maximum Gasteiger partial charge on any atom is 0.326 e. The van der Waals surface area contributed by atoms with Crippen molar-refractivity contribution in [1.82, 2.24) is 46.6 Å². The van der Waals surface area contributed by atoms with E-state index >= 15 is 0 Å². The third kappa shape index (κ3) is 41.4. The number of aliphatic carboxylic acids is 3. The van der Waals surface area contributed by atoms with Crippen LogP contribution in [0.15, 0.2) is 24.3 Å². The largest absolute Gasteiger partial charge is 0.481 e. The number of hydrogen-bond acceptors (Lipinski definition) is 19. The van der Waals surface area contributed by atoms with Crippen LogP contribution in [-0.4, -0.2) is 187 Å². The van der Waals surface area contributed by atoms with Gasteiger partial charge in [0, 0.05) is 70.2 Å². The van der Waals surface area contributed by atoms with Gasteiger partial charge in [0.1, 0.15) is 31.1 Å². The zero-order valence-corrected chi connectivity index (χ0v) is 51.9. The minimum atomic E-state index is -3.89. The van der Waals surface area contributed by atoms with Gasteiger partial charge in [-0.15, -0.1) is 10.2 Å². The molecular formula is C59H95N9O19S. The number of hydrogen-bond donors (Lipinski definition) is 9. The molecule has 5 amide bonds. The topological polar surface area (TPSA) is 417 Å². The van der Waals surface area contributed by atoms with Crippen molar-refractivity contribution in [2.45, 2.75) is 192 Å². The molecule has 3 atom stereocenters. The number of ether oxygens (including phenoxy) is 4. The number of ketones is 2. The quantitative estimate of drug-likeness (QED) is 0.0418. The van der Waals surface area contributed by atoms with Crippen LogP contribution in [0.3, 0.4) is 0 Å². The summed E-state index contributed by atoms with van der Waals surface area (Å²) in [5.74, 6) is -8.29. The Balaban J connectivity index is 1.44. The third-order valence-electron chi connectivity index (χ3n) is 13.9. The second-order valence-corrected chi connectivity index (χ2v) is 23.4. The van der Waals surface area contributed by atoms with Crippen molar-refractivity contribution >= 4 is 69.0 Å². The van der Waals surface area contributed by atoms with Crippen LogP contribution in [0.25, 0.3) is 0 Å². The Morgan fingerprint density at radius 2 is 1.09 bits per heavy atom. The summed E-state index contributed by atoms with van der Waals surface area (Å²) in [4.78, 5) is 122. The molecule has 9 N–H and O–H groups in total. The van der Waals surface area contributed by atoms with Gasteiger partial charge in [-0.05, 0) is 76.8 Å². The molecule has 0 aliphatic heterocycles. The highest BCUT2D eigenvalue weighted by Crippen LogP contribution is 2.16. The van der Waals surface area contributed by atoms with Gasteiger partial charge >= 0.3 is 17.9 Å². The van der Waals surface area contributed by atoms with E-state index in [1.165, 1.54) is 44.9 Å². The number of carboxylic acid groups (broad SMARTS) is 3. The van der Waals surface area contributed by atoms with Crippen LogP contribution in [0, 0.1) is 12.8 Å². The van der Waals surface area contributed by atoms with Gasteiger partial charge in [0.25, 0.3) is 5.91 Å². The lowest BCUT2D eigenvalue weighted by atomic mass is 9.97. The lowest BCUT2D eigenvalue weighted by Gasteiger charge is -2.16. The Morgan fingerprint density at radius 3 is 1.72 bits per heavy atom. The predicted molar refractivity (Wildman–Crippen MR) is 320 cm³/mol. The number of H-pyrrole nitrogens is 1. The molecule has 88 heavy (non-hydrogen) atoms. The highest BCUT2D eigenvalue weighted by Gasteiger charge is 2.26. The molecule has 0 bridgehead atoms. The molecule has 0 fully saturated rings. The fourth-order valence-electron chi connectivity index (χ4n) is 8.89. The smallest absolute Gasteiger partial charge is 0.326 e. The number of carbonyl (C=O) groups is 10. The van der Waals surface area contributed by atoms with E-state index in [9.17, 15) is 71.7 Å². The maximum absolute atomic E-state index is 12.6. The van der Waals surface area contributed by atoms with Crippen molar-refractivity contribution in [2.24, 2.45) is 5.92 Å². The van der Waals surface area contributed by atoms with Crippen LogP contribution in [0.2, 0.25) is 0 Å². The molecule has 1 heterocycles. The van der Waals surface area contributed by atoms with Gasteiger partial charge in [-0.1, -0.05) is 93.5 Å². The molecule has 496 valence electrons. The molecule has 1 aromatic heterocycles. The summed E-state index contributed by atoms with van der Waals surface area (Å²) in [6.07, 6.45) is 15.0. The number of unbranched alkanes of at least 4 members (excludes halogenated alkanes) is 13. The summed E-state index contributed by atoms with van der Waals surface area (Å²) in [6.45, 7) is 1.82. The molecule has 0 radical (unpaired) electrons. The Bertz CT molecular complexity index is 2490. The summed E-state index contributed by atoms with van der Waals surface area (Å²) in [5, 5.41) is 52.9. The van der Waals surface area contributed by atoms with Crippen molar-refractivity contribution in [1.29, 1.82) is 0 Å². The van der Waals surface area contributed by atoms with Gasteiger partial charge < -0.3 is 55.5 Å². The Kier molecular flexibility index (Phi) is 42.3. The Labute approximate surface area is 515 Å². The molecule has 28 nitrogen and oxygen atoms in total. The molecule has 0 aliphatic rings. The van der Waals surface area contributed by atoms with Gasteiger partial charge in [0.05, 0.1) is 44.7 Å². The summed E-state index contributed by atoms with van der Waals surface area (Å²) in [7, 11) is -3.89. The van der Waals surface area contributed by atoms with Crippen LogP contribution in [-0.2, 0) is 78.5 Å². The van der Waals surface area contributed by atoms with Crippen LogP contribution in [0.5, 0.6) is 0 Å². The molecule has 0 spiro atoms. The average molecular weight is 1270 g/mol. The second kappa shape index (κ2) is 48.1. The van der Waals surface area contributed by atoms with Gasteiger partial charge in [0.2, 0.25) is 33.7 Å². The van der Waals surface area contributed by atoms with Crippen LogP contribution >= 0.6 is 0 Å². The molecule has 0 saturated heterocycles. The number of carboxylic acids is 3. The number of nitrogens with one attached hydrogen (secondary N) is 6. The fourth-order valence-corrected chi connectivity index (χ4v) is 9.97.